The van der Waals surface area contributed by atoms with E-state index in [1.54, 1.807) is 0 Å². The highest BCUT2D eigenvalue weighted by Crippen LogP contribution is 2.20. The summed E-state index contributed by atoms with van der Waals surface area (Å²) in [4.78, 5) is 17.2. The van der Waals surface area contributed by atoms with Crippen LogP contribution in [-0.2, 0) is 11.3 Å². The maximum atomic E-state index is 12.9. The monoisotopic (exact) mass is 368 g/mol. The highest BCUT2D eigenvalue weighted by Gasteiger charge is 2.26. The maximum absolute atomic E-state index is 12.9. The molecule has 1 aromatic heterocycles. The first kappa shape index (κ1) is 19.6. The molecule has 0 radical (unpaired) electrons. The number of para-hydroxylation sites is 1. The summed E-state index contributed by atoms with van der Waals surface area (Å²) < 4.78 is 2.00. The number of likely N-dealkylation sites (tertiary alicyclic amines) is 1. The van der Waals surface area contributed by atoms with E-state index in [1.807, 2.05) is 36.9 Å². The van der Waals surface area contributed by atoms with Crippen molar-refractivity contribution in [2.75, 3.05) is 20.1 Å². The standard InChI is InChI=1S/C22H32N4O/c1-17-21(18(2)26(23-17)20-12-8-7-9-13-20)16-24(4)19(3)22(27)25-14-10-5-6-11-15-25/h7-9,12-13,19H,5-6,10-11,14-16H2,1-4H3. The molecular formula is C22H32N4O. The van der Waals surface area contributed by atoms with Gasteiger partial charge >= 0.3 is 0 Å². The van der Waals surface area contributed by atoms with Crippen LogP contribution in [0.3, 0.4) is 0 Å². The van der Waals surface area contributed by atoms with Gasteiger partial charge in [-0.1, -0.05) is 31.0 Å². The molecule has 5 nitrogen and oxygen atoms in total. The third-order valence-corrected chi connectivity index (χ3v) is 5.79. The fourth-order valence-electron chi connectivity index (χ4n) is 3.85. The molecule has 1 atom stereocenters. The first-order chi connectivity index (χ1) is 13.0. The third-order valence-electron chi connectivity index (χ3n) is 5.79. The molecule has 1 fully saturated rings. The molecule has 5 heteroatoms. The number of benzene rings is 1. The van der Waals surface area contributed by atoms with Crippen molar-refractivity contribution >= 4 is 5.91 Å². The highest BCUT2D eigenvalue weighted by molar-refractivity contribution is 5.81. The van der Waals surface area contributed by atoms with E-state index in [0.29, 0.717) is 0 Å². The van der Waals surface area contributed by atoms with E-state index in [-0.39, 0.29) is 11.9 Å². The van der Waals surface area contributed by atoms with Crippen LogP contribution in [0.2, 0.25) is 0 Å². The van der Waals surface area contributed by atoms with Crippen LogP contribution in [-0.4, -0.2) is 51.7 Å². The fourth-order valence-corrected chi connectivity index (χ4v) is 3.85. The minimum atomic E-state index is -0.123. The van der Waals surface area contributed by atoms with E-state index in [2.05, 4.69) is 35.8 Å². The Labute approximate surface area is 163 Å². The molecule has 1 amide bonds. The Morgan fingerprint density at radius 1 is 1.11 bits per heavy atom. The lowest BCUT2D eigenvalue weighted by Crippen LogP contribution is -2.45. The highest BCUT2D eigenvalue weighted by atomic mass is 16.2. The summed E-state index contributed by atoms with van der Waals surface area (Å²) in [5.41, 5.74) is 4.44. The zero-order valence-corrected chi connectivity index (χ0v) is 17.1. The van der Waals surface area contributed by atoms with Gasteiger partial charge in [0.1, 0.15) is 0 Å². The SMILES string of the molecule is Cc1nn(-c2ccccc2)c(C)c1CN(C)C(C)C(=O)N1CCCCCC1. The van der Waals surface area contributed by atoms with E-state index in [4.69, 9.17) is 5.10 Å². The fraction of sp³-hybridized carbons (Fsp3) is 0.545. The van der Waals surface area contributed by atoms with Crippen molar-refractivity contribution in [3.8, 4) is 5.69 Å². The minimum Gasteiger partial charge on any atom is -0.341 e. The summed E-state index contributed by atoms with van der Waals surface area (Å²) in [6.07, 6.45) is 4.74. The normalized spacial score (nSPS) is 16.4. The molecule has 0 spiro atoms. The molecule has 1 aromatic carbocycles. The van der Waals surface area contributed by atoms with Gasteiger partial charge in [0, 0.05) is 30.9 Å². The first-order valence-corrected chi connectivity index (χ1v) is 10.1. The zero-order valence-electron chi connectivity index (χ0n) is 17.1. The van der Waals surface area contributed by atoms with Gasteiger partial charge < -0.3 is 4.90 Å². The van der Waals surface area contributed by atoms with Gasteiger partial charge in [-0.25, -0.2) is 4.68 Å². The van der Waals surface area contributed by atoms with Crippen LogP contribution >= 0.6 is 0 Å². The molecule has 0 saturated carbocycles. The van der Waals surface area contributed by atoms with Gasteiger partial charge in [-0.3, -0.25) is 9.69 Å². The second kappa shape index (κ2) is 8.70. The lowest BCUT2D eigenvalue weighted by Gasteiger charge is -2.30. The Morgan fingerprint density at radius 3 is 2.37 bits per heavy atom. The van der Waals surface area contributed by atoms with E-state index in [0.717, 1.165) is 49.6 Å². The van der Waals surface area contributed by atoms with Crippen molar-refractivity contribution in [1.82, 2.24) is 19.6 Å². The van der Waals surface area contributed by atoms with Gasteiger partial charge in [0.2, 0.25) is 5.91 Å². The van der Waals surface area contributed by atoms with Crippen molar-refractivity contribution < 1.29 is 4.79 Å². The van der Waals surface area contributed by atoms with Crippen LogP contribution in [0.25, 0.3) is 5.69 Å². The summed E-state index contributed by atoms with van der Waals surface area (Å²) in [6.45, 7) is 8.72. The van der Waals surface area contributed by atoms with Gasteiger partial charge in [0.05, 0.1) is 17.4 Å². The van der Waals surface area contributed by atoms with Crippen LogP contribution < -0.4 is 0 Å². The molecule has 1 aliphatic heterocycles. The van der Waals surface area contributed by atoms with Gasteiger partial charge in [-0.15, -0.1) is 0 Å². The van der Waals surface area contributed by atoms with Crippen LogP contribution in [0.4, 0.5) is 0 Å². The van der Waals surface area contributed by atoms with Crippen LogP contribution in [0.5, 0.6) is 0 Å². The quantitative estimate of drug-likeness (QED) is 0.808. The summed E-state index contributed by atoms with van der Waals surface area (Å²) in [6, 6.07) is 10.1. The maximum Gasteiger partial charge on any atom is 0.239 e. The molecule has 0 bridgehead atoms. The second-order valence-corrected chi connectivity index (χ2v) is 7.73. The Morgan fingerprint density at radius 2 is 1.74 bits per heavy atom. The number of hydrogen-bond acceptors (Lipinski definition) is 3. The van der Waals surface area contributed by atoms with Crippen molar-refractivity contribution in [2.24, 2.45) is 0 Å². The van der Waals surface area contributed by atoms with Gasteiger partial charge in [0.25, 0.3) is 0 Å². The first-order valence-electron chi connectivity index (χ1n) is 10.1. The van der Waals surface area contributed by atoms with Crippen molar-refractivity contribution in [3.63, 3.8) is 0 Å². The zero-order chi connectivity index (χ0) is 19.4. The number of aryl methyl sites for hydroxylation is 1. The van der Waals surface area contributed by atoms with E-state index >= 15 is 0 Å². The topological polar surface area (TPSA) is 41.4 Å². The molecule has 1 saturated heterocycles. The van der Waals surface area contributed by atoms with Crippen molar-refractivity contribution in [1.29, 1.82) is 0 Å². The third kappa shape index (κ3) is 4.41. The molecule has 2 aromatic rings. The molecular weight excluding hydrogens is 336 g/mol. The van der Waals surface area contributed by atoms with Crippen LogP contribution in [0.15, 0.2) is 30.3 Å². The lowest BCUT2D eigenvalue weighted by atomic mass is 10.1. The van der Waals surface area contributed by atoms with Crippen LogP contribution in [0.1, 0.15) is 49.6 Å². The average Bonchev–Trinajstić information content (AvgIpc) is 2.88. The molecule has 1 unspecified atom stereocenters. The summed E-state index contributed by atoms with van der Waals surface area (Å²) in [7, 11) is 2.04. The number of nitrogens with zero attached hydrogens (tertiary/aromatic N) is 4. The summed E-state index contributed by atoms with van der Waals surface area (Å²) in [5.74, 6) is 0.255. The van der Waals surface area contributed by atoms with Crippen LogP contribution in [0, 0.1) is 13.8 Å². The van der Waals surface area contributed by atoms with Gasteiger partial charge in [0.15, 0.2) is 0 Å². The Bertz CT molecular complexity index is 760. The summed E-state index contributed by atoms with van der Waals surface area (Å²) in [5, 5.41) is 4.73. The Hall–Kier alpha value is -2.14. The number of amides is 1. The second-order valence-electron chi connectivity index (χ2n) is 7.73. The minimum absolute atomic E-state index is 0.123. The summed E-state index contributed by atoms with van der Waals surface area (Å²) >= 11 is 0. The number of likely N-dealkylation sites (N-methyl/N-ethyl adjacent to an activating group) is 1. The Kier molecular flexibility index (Phi) is 6.32. The largest absolute Gasteiger partial charge is 0.341 e. The molecule has 1 aliphatic rings. The molecule has 0 aliphatic carbocycles. The van der Waals surface area contributed by atoms with Gasteiger partial charge in [-0.05, 0) is 52.8 Å². The van der Waals surface area contributed by atoms with Crippen molar-refractivity contribution in [2.45, 2.75) is 59.0 Å². The lowest BCUT2D eigenvalue weighted by molar-refractivity contribution is -0.136. The predicted octanol–water partition coefficient (Wildman–Crippen LogP) is 3.71. The molecule has 3 rings (SSSR count). The number of carbonyl (C=O) groups is 1. The van der Waals surface area contributed by atoms with Crippen molar-refractivity contribution in [3.05, 3.63) is 47.3 Å². The van der Waals surface area contributed by atoms with E-state index in [9.17, 15) is 4.79 Å². The number of rotatable bonds is 5. The molecule has 0 N–H and O–H groups in total. The van der Waals surface area contributed by atoms with E-state index < -0.39 is 0 Å². The smallest absolute Gasteiger partial charge is 0.239 e. The number of carbonyl (C=O) groups excluding carboxylic acids is 1. The number of aromatic nitrogens is 2. The molecule has 146 valence electrons. The number of hydrogen-bond donors (Lipinski definition) is 0. The molecule has 27 heavy (non-hydrogen) atoms. The van der Waals surface area contributed by atoms with Gasteiger partial charge in [-0.2, -0.15) is 5.10 Å². The van der Waals surface area contributed by atoms with E-state index in [1.165, 1.54) is 18.4 Å². The molecule has 2 heterocycles. The Balaban J connectivity index is 1.72. The predicted molar refractivity (Wildman–Crippen MR) is 109 cm³/mol. The average molecular weight is 369 g/mol.